The van der Waals surface area contributed by atoms with Gasteiger partial charge in [-0.2, -0.15) is 0 Å². The summed E-state index contributed by atoms with van der Waals surface area (Å²) in [5.74, 6) is 0. The fraction of sp³-hybridized carbons (Fsp3) is 0.667. The normalized spacial score (nSPS) is 4.20. The monoisotopic (exact) mass is 75.1 g/mol. The number of nitrogens with zero attached hydrogens (tertiary/aromatic N) is 1. The Morgan fingerprint density at radius 3 is 2.00 bits per heavy atom. The molecule has 0 heterocycles. The number of hydrogen-bond donors (Lipinski definition) is 0. The zero-order valence-electron chi connectivity index (χ0n) is 2.56. The third-order valence-electron chi connectivity index (χ3n) is 0.129. The lowest BCUT2D eigenvalue weighted by Crippen LogP contribution is -1.55. The SMILES string of the molecule is C.C=NOC. The molecule has 0 radical (unpaired) electrons. The van der Waals surface area contributed by atoms with E-state index in [1.807, 2.05) is 0 Å². The van der Waals surface area contributed by atoms with Gasteiger partial charge in [-0.05, 0) is 0 Å². The molecule has 0 aliphatic heterocycles. The molecule has 0 saturated heterocycles. The number of hydrogen-bond acceptors (Lipinski definition) is 2. The fourth-order valence-electron chi connectivity index (χ4n) is 0. The van der Waals surface area contributed by atoms with E-state index >= 15 is 0 Å². The molecule has 5 heavy (non-hydrogen) atoms. The minimum absolute atomic E-state index is 0. The lowest BCUT2D eigenvalue weighted by molar-refractivity contribution is 0.217. The van der Waals surface area contributed by atoms with Gasteiger partial charge in [-0.25, -0.2) is 0 Å². The van der Waals surface area contributed by atoms with E-state index in [2.05, 4.69) is 16.7 Å². The van der Waals surface area contributed by atoms with E-state index in [1.54, 1.807) is 0 Å². The highest BCUT2D eigenvalue weighted by atomic mass is 16.6. The van der Waals surface area contributed by atoms with Gasteiger partial charge in [0.05, 0.1) is 0 Å². The van der Waals surface area contributed by atoms with Crippen LogP contribution in [0, 0.1) is 0 Å². The van der Waals surface area contributed by atoms with E-state index in [0.29, 0.717) is 0 Å². The third-order valence-corrected chi connectivity index (χ3v) is 0.129. The molecule has 0 unspecified atom stereocenters. The summed E-state index contributed by atoms with van der Waals surface area (Å²) in [6, 6.07) is 0. The van der Waals surface area contributed by atoms with Crippen LogP contribution in [0.15, 0.2) is 5.16 Å². The van der Waals surface area contributed by atoms with E-state index in [4.69, 9.17) is 0 Å². The first-order valence-corrected chi connectivity index (χ1v) is 0.907. The quantitative estimate of drug-likeness (QED) is 0.335. The van der Waals surface area contributed by atoms with Gasteiger partial charge in [0.15, 0.2) is 0 Å². The molecule has 32 valence electrons. The van der Waals surface area contributed by atoms with Crippen molar-refractivity contribution in [1.82, 2.24) is 0 Å². The van der Waals surface area contributed by atoms with Crippen molar-refractivity contribution in [2.24, 2.45) is 5.16 Å². The van der Waals surface area contributed by atoms with E-state index in [9.17, 15) is 0 Å². The molecule has 0 fully saturated rings. The van der Waals surface area contributed by atoms with Crippen LogP contribution in [0.5, 0.6) is 0 Å². The van der Waals surface area contributed by atoms with E-state index < -0.39 is 0 Å². The van der Waals surface area contributed by atoms with E-state index in [0.717, 1.165) is 0 Å². The van der Waals surface area contributed by atoms with Gasteiger partial charge in [0.2, 0.25) is 0 Å². The molecule has 0 aliphatic carbocycles. The van der Waals surface area contributed by atoms with Crippen molar-refractivity contribution in [3.05, 3.63) is 0 Å². The second-order valence-electron chi connectivity index (χ2n) is 0.312. The Hall–Kier alpha value is -0.530. The summed E-state index contributed by atoms with van der Waals surface area (Å²) in [6.07, 6.45) is 0. The molecule has 0 aromatic heterocycles. The maximum absolute atomic E-state index is 4.06. The summed E-state index contributed by atoms with van der Waals surface area (Å²) in [5, 5.41) is 2.99. The van der Waals surface area contributed by atoms with Crippen molar-refractivity contribution in [1.29, 1.82) is 0 Å². The number of rotatable bonds is 1. The summed E-state index contributed by atoms with van der Waals surface area (Å²) in [6.45, 7) is 3.01. The zero-order valence-corrected chi connectivity index (χ0v) is 2.56. The standard InChI is InChI=1S/C2H5NO.CH4/c1-3-4-2;/h1H2,2H3;1H4. The van der Waals surface area contributed by atoms with Gasteiger partial charge >= 0.3 is 0 Å². The van der Waals surface area contributed by atoms with Crippen molar-refractivity contribution in [2.45, 2.75) is 7.43 Å². The maximum atomic E-state index is 4.06. The Balaban J connectivity index is 0. The molecule has 0 atom stereocenters. The summed E-state index contributed by atoms with van der Waals surface area (Å²) >= 11 is 0. The van der Waals surface area contributed by atoms with Gasteiger partial charge in [-0.15, -0.1) is 5.16 Å². The van der Waals surface area contributed by atoms with Gasteiger partial charge in [0.25, 0.3) is 0 Å². The Morgan fingerprint density at radius 1 is 1.80 bits per heavy atom. The van der Waals surface area contributed by atoms with Crippen LogP contribution in [-0.2, 0) is 4.84 Å². The lowest BCUT2D eigenvalue weighted by atomic mass is 11.7. The minimum atomic E-state index is 0. The molecule has 0 bridgehead atoms. The molecule has 0 aliphatic rings. The molecule has 2 nitrogen and oxygen atoms in total. The van der Waals surface area contributed by atoms with Crippen LogP contribution in [0.1, 0.15) is 7.43 Å². The van der Waals surface area contributed by atoms with Crippen molar-refractivity contribution < 1.29 is 4.84 Å². The molecule has 0 rings (SSSR count). The molecule has 0 aromatic rings. The molecular formula is C3H9NO. The average Bonchev–Trinajstić information content (AvgIpc) is 1.37. The lowest BCUT2D eigenvalue weighted by Gasteiger charge is -1.71. The smallest absolute Gasteiger partial charge is 0.106 e. The molecule has 2 heteroatoms. The van der Waals surface area contributed by atoms with Gasteiger partial charge in [-0.3, -0.25) is 0 Å². The third kappa shape index (κ3) is 33.9. The van der Waals surface area contributed by atoms with Crippen LogP contribution >= 0.6 is 0 Å². The molecule has 0 saturated carbocycles. The maximum Gasteiger partial charge on any atom is 0.106 e. The van der Waals surface area contributed by atoms with Gasteiger partial charge < -0.3 is 4.84 Å². The summed E-state index contributed by atoms with van der Waals surface area (Å²) in [7, 11) is 1.45. The van der Waals surface area contributed by atoms with Crippen LogP contribution in [0.4, 0.5) is 0 Å². The summed E-state index contributed by atoms with van der Waals surface area (Å²) in [5.41, 5.74) is 0. The first-order chi connectivity index (χ1) is 1.91. The van der Waals surface area contributed by atoms with Crippen molar-refractivity contribution in [2.75, 3.05) is 7.11 Å². The predicted molar refractivity (Wildman–Crippen MR) is 23.3 cm³/mol. The van der Waals surface area contributed by atoms with Crippen molar-refractivity contribution >= 4 is 6.72 Å². The molecular weight excluding hydrogens is 66.0 g/mol. The fourth-order valence-corrected chi connectivity index (χ4v) is 0. The first-order valence-electron chi connectivity index (χ1n) is 0.907. The number of oxime groups is 1. The first kappa shape index (κ1) is 8.82. The van der Waals surface area contributed by atoms with Crippen LogP contribution in [-0.4, -0.2) is 13.8 Å². The molecule has 0 spiro atoms. The van der Waals surface area contributed by atoms with Gasteiger partial charge in [-0.1, -0.05) is 7.43 Å². The van der Waals surface area contributed by atoms with Gasteiger partial charge in [0.1, 0.15) is 7.11 Å². The Morgan fingerprint density at radius 2 is 2.00 bits per heavy atom. The highest BCUT2D eigenvalue weighted by Gasteiger charge is 1.35. The van der Waals surface area contributed by atoms with Crippen molar-refractivity contribution in [3.8, 4) is 0 Å². The average molecular weight is 75.1 g/mol. The summed E-state index contributed by atoms with van der Waals surface area (Å²) < 4.78 is 0. The second-order valence-corrected chi connectivity index (χ2v) is 0.312. The topological polar surface area (TPSA) is 21.6 Å². The van der Waals surface area contributed by atoms with E-state index in [-0.39, 0.29) is 7.43 Å². The Labute approximate surface area is 32.4 Å². The van der Waals surface area contributed by atoms with Crippen molar-refractivity contribution in [3.63, 3.8) is 0 Å². The molecule has 0 amide bonds. The predicted octanol–water partition coefficient (Wildman–Crippen LogP) is 0.885. The van der Waals surface area contributed by atoms with Crippen LogP contribution in [0.3, 0.4) is 0 Å². The second kappa shape index (κ2) is 9.80. The van der Waals surface area contributed by atoms with Crippen LogP contribution in [0.2, 0.25) is 0 Å². The highest BCUT2D eigenvalue weighted by molar-refractivity contribution is 5.21. The Kier molecular flexibility index (Phi) is 17.3. The minimum Gasteiger partial charge on any atom is -0.400 e. The van der Waals surface area contributed by atoms with Crippen LogP contribution in [0.25, 0.3) is 0 Å². The molecule has 0 N–H and O–H groups in total. The summed E-state index contributed by atoms with van der Waals surface area (Å²) in [4.78, 5) is 4.06. The van der Waals surface area contributed by atoms with Gasteiger partial charge in [0, 0.05) is 6.72 Å². The largest absolute Gasteiger partial charge is 0.400 e. The van der Waals surface area contributed by atoms with E-state index in [1.165, 1.54) is 7.11 Å². The Bertz CT molecular complexity index is 20.9. The molecule has 0 aromatic carbocycles. The zero-order chi connectivity index (χ0) is 3.41. The highest BCUT2D eigenvalue weighted by Crippen LogP contribution is 1.49. The van der Waals surface area contributed by atoms with Crippen LogP contribution < -0.4 is 0 Å².